The highest BCUT2D eigenvalue weighted by Crippen LogP contribution is 2.30. The van der Waals surface area contributed by atoms with E-state index in [1.54, 1.807) is 31.0 Å². The fraction of sp³-hybridized carbons (Fsp3) is 0.333. The smallest absolute Gasteiger partial charge is 0.254 e. The molecule has 142 valence electrons. The summed E-state index contributed by atoms with van der Waals surface area (Å²) in [7, 11) is 1.63. The molecule has 0 unspecified atom stereocenters. The number of hydrogen-bond donors (Lipinski definition) is 0. The first kappa shape index (κ1) is 19.0. The minimum atomic E-state index is -0.932. The molecule has 3 rings (SSSR count). The van der Waals surface area contributed by atoms with E-state index in [0.717, 1.165) is 23.4 Å². The van der Waals surface area contributed by atoms with Gasteiger partial charge in [-0.2, -0.15) is 0 Å². The van der Waals surface area contributed by atoms with Crippen molar-refractivity contribution in [3.8, 4) is 0 Å². The number of hydrogen-bond acceptors (Lipinski definition) is 2. The second-order valence-electron chi connectivity index (χ2n) is 6.76. The highest BCUT2D eigenvalue weighted by Gasteiger charge is 2.26. The van der Waals surface area contributed by atoms with Crippen molar-refractivity contribution in [2.24, 2.45) is 0 Å². The number of amides is 2. The van der Waals surface area contributed by atoms with Crippen LogP contribution < -0.4 is 4.90 Å². The van der Waals surface area contributed by atoms with Crippen molar-refractivity contribution in [2.45, 2.75) is 32.7 Å². The molecule has 0 radical (unpaired) electrons. The van der Waals surface area contributed by atoms with E-state index in [1.165, 1.54) is 11.0 Å². The van der Waals surface area contributed by atoms with Crippen molar-refractivity contribution < 1.29 is 18.4 Å². The largest absolute Gasteiger partial charge is 0.335 e. The highest BCUT2D eigenvalue weighted by molar-refractivity contribution is 5.98. The lowest BCUT2D eigenvalue weighted by Gasteiger charge is -2.26. The molecule has 0 saturated carbocycles. The van der Waals surface area contributed by atoms with E-state index in [2.05, 4.69) is 0 Å². The lowest BCUT2D eigenvalue weighted by atomic mass is 10.0. The van der Waals surface area contributed by atoms with Gasteiger partial charge in [-0.1, -0.05) is 13.0 Å². The molecule has 4 nitrogen and oxygen atoms in total. The average molecular weight is 372 g/mol. The van der Waals surface area contributed by atoms with Crippen LogP contribution in [0.1, 0.15) is 47.8 Å². The fourth-order valence-electron chi connectivity index (χ4n) is 3.36. The summed E-state index contributed by atoms with van der Waals surface area (Å²) in [4.78, 5) is 28.1. The number of carbonyl (C=O) groups is 2. The van der Waals surface area contributed by atoms with Gasteiger partial charge in [0.15, 0.2) is 11.6 Å². The number of benzene rings is 2. The van der Waals surface area contributed by atoms with Crippen LogP contribution in [-0.2, 0) is 11.2 Å². The molecular formula is C21H22F2N2O2. The van der Waals surface area contributed by atoms with Crippen LogP contribution in [-0.4, -0.2) is 30.3 Å². The van der Waals surface area contributed by atoms with Crippen molar-refractivity contribution in [1.82, 2.24) is 4.90 Å². The summed E-state index contributed by atoms with van der Waals surface area (Å²) in [5, 5.41) is 0. The molecule has 0 aliphatic carbocycles. The molecule has 0 bridgehead atoms. The van der Waals surface area contributed by atoms with E-state index in [1.807, 2.05) is 13.0 Å². The summed E-state index contributed by atoms with van der Waals surface area (Å²) in [6, 6.07) is 8.56. The maximum atomic E-state index is 13.5. The molecule has 1 heterocycles. The Balaban J connectivity index is 1.81. The first-order valence-electron chi connectivity index (χ1n) is 8.98. The second-order valence-corrected chi connectivity index (χ2v) is 6.76. The van der Waals surface area contributed by atoms with Gasteiger partial charge >= 0.3 is 0 Å². The molecule has 0 aromatic heterocycles. The third kappa shape index (κ3) is 3.56. The van der Waals surface area contributed by atoms with Crippen LogP contribution >= 0.6 is 0 Å². The average Bonchev–Trinajstić information content (AvgIpc) is 3.10. The lowest BCUT2D eigenvalue weighted by molar-refractivity contribution is -0.118. The molecule has 0 saturated heterocycles. The Morgan fingerprint density at radius 1 is 1.15 bits per heavy atom. The highest BCUT2D eigenvalue weighted by atomic mass is 19.2. The Labute approximate surface area is 157 Å². The molecule has 27 heavy (non-hydrogen) atoms. The van der Waals surface area contributed by atoms with Gasteiger partial charge in [-0.3, -0.25) is 9.59 Å². The molecule has 2 amide bonds. The Bertz CT molecular complexity index is 898. The van der Waals surface area contributed by atoms with Crippen LogP contribution in [0.25, 0.3) is 0 Å². The maximum absolute atomic E-state index is 13.5. The topological polar surface area (TPSA) is 40.6 Å². The predicted octanol–water partition coefficient (Wildman–Crippen LogP) is 4.10. The molecule has 1 atom stereocenters. The van der Waals surface area contributed by atoms with Gasteiger partial charge in [0.2, 0.25) is 5.91 Å². The van der Waals surface area contributed by atoms with Gasteiger partial charge < -0.3 is 9.80 Å². The molecule has 0 spiro atoms. The Hall–Kier alpha value is -2.76. The number of rotatable bonds is 4. The van der Waals surface area contributed by atoms with Crippen LogP contribution in [0.2, 0.25) is 0 Å². The van der Waals surface area contributed by atoms with Crippen LogP contribution in [0.4, 0.5) is 14.5 Å². The summed E-state index contributed by atoms with van der Waals surface area (Å²) >= 11 is 0. The first-order valence-corrected chi connectivity index (χ1v) is 8.98. The van der Waals surface area contributed by atoms with Gasteiger partial charge in [0.05, 0.1) is 6.04 Å². The number of nitrogens with zero attached hydrogens (tertiary/aromatic N) is 2. The first-order chi connectivity index (χ1) is 12.8. The zero-order chi connectivity index (χ0) is 19.7. The maximum Gasteiger partial charge on any atom is 0.254 e. The Morgan fingerprint density at radius 2 is 1.89 bits per heavy atom. The van der Waals surface area contributed by atoms with Crippen LogP contribution in [0.5, 0.6) is 0 Å². The summed E-state index contributed by atoms with van der Waals surface area (Å²) in [6.45, 7) is 4.22. The molecule has 1 aliphatic heterocycles. The number of anilines is 1. The molecule has 1 aliphatic rings. The van der Waals surface area contributed by atoms with Gasteiger partial charge in [-0.05, 0) is 54.8 Å². The predicted molar refractivity (Wildman–Crippen MR) is 99.7 cm³/mol. The summed E-state index contributed by atoms with van der Waals surface area (Å²) in [5.41, 5.74) is 2.85. The van der Waals surface area contributed by atoms with Crippen LogP contribution in [0.15, 0.2) is 36.4 Å². The van der Waals surface area contributed by atoms with Gasteiger partial charge in [-0.25, -0.2) is 8.78 Å². The third-order valence-corrected chi connectivity index (χ3v) is 5.15. The molecule has 2 aromatic rings. The lowest BCUT2D eigenvalue weighted by Crippen LogP contribution is -2.30. The standard InChI is InChI=1S/C21H22F2N2O2/c1-4-20(26)25-10-9-15-11-16(6-8-19(15)25)21(27)24(3)13(2)14-5-7-17(22)18(23)12-14/h5-8,11-13H,4,9-10H2,1-3H3/t13-/m1/s1. The molecule has 0 fully saturated rings. The van der Waals surface area contributed by atoms with Crippen LogP contribution in [0.3, 0.4) is 0 Å². The minimum Gasteiger partial charge on any atom is -0.335 e. The minimum absolute atomic E-state index is 0.0666. The quantitative estimate of drug-likeness (QED) is 0.811. The van der Waals surface area contributed by atoms with Crippen LogP contribution in [0, 0.1) is 11.6 Å². The monoisotopic (exact) mass is 372 g/mol. The zero-order valence-corrected chi connectivity index (χ0v) is 15.6. The van der Waals surface area contributed by atoms with Gasteiger partial charge in [0.1, 0.15) is 0 Å². The number of carbonyl (C=O) groups excluding carboxylic acids is 2. The zero-order valence-electron chi connectivity index (χ0n) is 15.6. The number of fused-ring (bicyclic) bond motifs is 1. The van der Waals surface area contributed by atoms with Gasteiger partial charge in [0.25, 0.3) is 5.91 Å². The van der Waals surface area contributed by atoms with E-state index >= 15 is 0 Å². The fourth-order valence-corrected chi connectivity index (χ4v) is 3.36. The van der Waals surface area contributed by atoms with E-state index in [9.17, 15) is 18.4 Å². The molecule has 0 N–H and O–H groups in total. The Morgan fingerprint density at radius 3 is 2.56 bits per heavy atom. The van der Waals surface area contributed by atoms with Gasteiger partial charge in [0, 0.05) is 31.3 Å². The van der Waals surface area contributed by atoms with Gasteiger partial charge in [-0.15, -0.1) is 0 Å². The normalized spacial score (nSPS) is 14.0. The number of halogens is 2. The summed E-state index contributed by atoms with van der Waals surface area (Å²) in [6.07, 6.45) is 1.15. The summed E-state index contributed by atoms with van der Waals surface area (Å²) < 4.78 is 26.6. The van der Waals surface area contributed by atoms with Crippen molar-refractivity contribution >= 4 is 17.5 Å². The summed E-state index contributed by atoms with van der Waals surface area (Å²) in [5.74, 6) is -1.99. The molecule has 6 heteroatoms. The van der Waals surface area contributed by atoms with E-state index < -0.39 is 17.7 Å². The van der Waals surface area contributed by atoms with Crippen molar-refractivity contribution in [3.63, 3.8) is 0 Å². The van der Waals surface area contributed by atoms with Crippen molar-refractivity contribution in [2.75, 3.05) is 18.5 Å². The third-order valence-electron chi connectivity index (χ3n) is 5.15. The van der Waals surface area contributed by atoms with E-state index in [0.29, 0.717) is 30.5 Å². The molecule has 2 aromatic carbocycles. The molecular weight excluding hydrogens is 350 g/mol. The van der Waals surface area contributed by atoms with Crippen molar-refractivity contribution in [1.29, 1.82) is 0 Å². The van der Waals surface area contributed by atoms with E-state index in [4.69, 9.17) is 0 Å². The SMILES string of the molecule is CCC(=O)N1CCc2cc(C(=O)N(C)[C@H](C)c3ccc(F)c(F)c3)ccc21. The second kappa shape index (κ2) is 7.47. The van der Waals surface area contributed by atoms with E-state index in [-0.39, 0.29) is 11.8 Å². The Kier molecular flexibility index (Phi) is 5.26. The van der Waals surface area contributed by atoms with Crippen molar-refractivity contribution in [3.05, 3.63) is 64.7 Å².